The second-order valence-corrected chi connectivity index (χ2v) is 4.33. The Hall–Kier alpha value is 0.250. The molecule has 72 valence electrons. The van der Waals surface area contributed by atoms with Gasteiger partial charge in [-0.1, -0.05) is 19.8 Å². The van der Waals surface area contributed by atoms with Crippen molar-refractivity contribution in [2.45, 2.75) is 32.6 Å². The number of rotatable bonds is 4. The summed E-state index contributed by atoms with van der Waals surface area (Å²) in [5.74, 6) is 1.42. The number of hydrogen-bond donors (Lipinski definition) is 0. The number of ether oxygens (including phenoxy) is 1. The van der Waals surface area contributed by atoms with Crippen molar-refractivity contribution in [3.05, 3.63) is 0 Å². The molecule has 1 rings (SSSR count). The van der Waals surface area contributed by atoms with Crippen molar-refractivity contribution >= 4 is 11.6 Å². The van der Waals surface area contributed by atoms with E-state index in [-0.39, 0.29) is 0 Å². The normalized spacial score (nSPS) is 24.2. The molecule has 1 aliphatic rings. The van der Waals surface area contributed by atoms with Crippen LogP contribution < -0.4 is 0 Å². The quantitative estimate of drug-likeness (QED) is 0.620. The molecule has 1 unspecified atom stereocenters. The van der Waals surface area contributed by atoms with Gasteiger partial charge in [0.2, 0.25) is 0 Å². The fourth-order valence-corrected chi connectivity index (χ4v) is 2.79. The van der Waals surface area contributed by atoms with Crippen LogP contribution in [-0.4, -0.2) is 19.6 Å². The highest BCUT2D eigenvalue weighted by atomic mass is 35.5. The largest absolute Gasteiger partial charge is 0.384 e. The Morgan fingerprint density at radius 2 is 2.00 bits per heavy atom. The lowest BCUT2D eigenvalue weighted by Crippen LogP contribution is -2.30. The number of methoxy groups -OCH3 is 1. The average Bonchev–Trinajstić information content (AvgIpc) is 2.54. The van der Waals surface area contributed by atoms with Crippen LogP contribution in [0.15, 0.2) is 0 Å². The maximum Gasteiger partial charge on any atom is 0.0493 e. The van der Waals surface area contributed by atoms with Crippen molar-refractivity contribution in [2.75, 3.05) is 19.6 Å². The molecule has 1 atom stereocenters. The Bertz CT molecular complexity index is 130. The fourth-order valence-electron chi connectivity index (χ4n) is 2.26. The van der Waals surface area contributed by atoms with E-state index in [1.165, 1.54) is 25.7 Å². The molecule has 1 aliphatic carbocycles. The van der Waals surface area contributed by atoms with Crippen molar-refractivity contribution < 1.29 is 4.74 Å². The van der Waals surface area contributed by atoms with Gasteiger partial charge in [-0.3, -0.25) is 0 Å². The molecule has 0 bridgehead atoms. The number of halogens is 1. The second kappa shape index (κ2) is 4.48. The third-order valence-electron chi connectivity index (χ3n) is 3.33. The Kier molecular flexibility index (Phi) is 3.85. The molecule has 1 fully saturated rings. The SMILES string of the molecule is COCC(C)C1(CCl)CCCC1. The summed E-state index contributed by atoms with van der Waals surface area (Å²) >= 11 is 6.04. The van der Waals surface area contributed by atoms with E-state index in [0.717, 1.165) is 12.5 Å². The summed E-state index contributed by atoms with van der Waals surface area (Å²) in [6, 6.07) is 0. The van der Waals surface area contributed by atoms with E-state index in [1.54, 1.807) is 7.11 Å². The van der Waals surface area contributed by atoms with E-state index in [2.05, 4.69) is 6.92 Å². The summed E-state index contributed by atoms with van der Waals surface area (Å²) in [6.45, 7) is 3.12. The van der Waals surface area contributed by atoms with Crippen molar-refractivity contribution in [3.63, 3.8) is 0 Å². The lowest BCUT2D eigenvalue weighted by molar-refractivity contribution is 0.0867. The third kappa shape index (κ3) is 1.94. The summed E-state index contributed by atoms with van der Waals surface area (Å²) in [4.78, 5) is 0. The van der Waals surface area contributed by atoms with Gasteiger partial charge in [0.1, 0.15) is 0 Å². The molecule has 0 radical (unpaired) electrons. The molecular weight excluding hydrogens is 172 g/mol. The van der Waals surface area contributed by atoms with Gasteiger partial charge in [0, 0.05) is 19.6 Å². The van der Waals surface area contributed by atoms with E-state index < -0.39 is 0 Å². The van der Waals surface area contributed by atoms with Crippen molar-refractivity contribution in [1.82, 2.24) is 0 Å². The zero-order valence-electron chi connectivity index (χ0n) is 8.11. The molecule has 0 aromatic heterocycles. The van der Waals surface area contributed by atoms with Crippen LogP contribution in [0.3, 0.4) is 0 Å². The molecular formula is C10H19ClO. The zero-order chi connectivity index (χ0) is 9.03. The van der Waals surface area contributed by atoms with Crippen molar-refractivity contribution in [3.8, 4) is 0 Å². The zero-order valence-corrected chi connectivity index (χ0v) is 8.86. The smallest absolute Gasteiger partial charge is 0.0493 e. The van der Waals surface area contributed by atoms with Gasteiger partial charge in [0.15, 0.2) is 0 Å². The summed E-state index contributed by atoms with van der Waals surface area (Å²) in [7, 11) is 1.77. The number of hydrogen-bond acceptors (Lipinski definition) is 1. The first kappa shape index (κ1) is 10.3. The van der Waals surface area contributed by atoms with E-state index in [9.17, 15) is 0 Å². The molecule has 12 heavy (non-hydrogen) atoms. The van der Waals surface area contributed by atoms with Gasteiger partial charge in [-0.2, -0.15) is 0 Å². The lowest BCUT2D eigenvalue weighted by atomic mass is 9.77. The van der Waals surface area contributed by atoms with E-state index in [4.69, 9.17) is 16.3 Å². The van der Waals surface area contributed by atoms with Crippen molar-refractivity contribution in [2.24, 2.45) is 11.3 Å². The number of alkyl halides is 1. The molecule has 0 aromatic rings. The molecule has 0 N–H and O–H groups in total. The van der Waals surface area contributed by atoms with Gasteiger partial charge < -0.3 is 4.74 Å². The monoisotopic (exact) mass is 190 g/mol. The lowest BCUT2D eigenvalue weighted by Gasteiger charge is -2.33. The van der Waals surface area contributed by atoms with Gasteiger partial charge >= 0.3 is 0 Å². The maximum absolute atomic E-state index is 6.04. The first-order valence-electron chi connectivity index (χ1n) is 4.80. The third-order valence-corrected chi connectivity index (χ3v) is 3.86. The van der Waals surface area contributed by atoms with Crippen LogP contribution in [0.2, 0.25) is 0 Å². The van der Waals surface area contributed by atoms with Crippen LogP contribution in [0.5, 0.6) is 0 Å². The highest BCUT2D eigenvalue weighted by Gasteiger charge is 2.37. The molecule has 0 aliphatic heterocycles. The van der Waals surface area contributed by atoms with Gasteiger partial charge in [0.05, 0.1) is 0 Å². The van der Waals surface area contributed by atoms with Gasteiger partial charge in [-0.25, -0.2) is 0 Å². The second-order valence-electron chi connectivity index (χ2n) is 4.06. The minimum Gasteiger partial charge on any atom is -0.384 e. The minimum atomic E-state index is 0.386. The Morgan fingerprint density at radius 1 is 1.42 bits per heavy atom. The highest BCUT2D eigenvalue weighted by molar-refractivity contribution is 6.18. The van der Waals surface area contributed by atoms with Gasteiger partial charge in [0.25, 0.3) is 0 Å². The molecule has 1 nitrogen and oxygen atoms in total. The Balaban J connectivity index is 2.52. The Morgan fingerprint density at radius 3 is 2.42 bits per heavy atom. The predicted molar refractivity (Wildman–Crippen MR) is 52.7 cm³/mol. The molecule has 0 heterocycles. The van der Waals surface area contributed by atoms with Crippen LogP contribution in [0, 0.1) is 11.3 Å². The van der Waals surface area contributed by atoms with Crippen LogP contribution in [0.4, 0.5) is 0 Å². The predicted octanol–water partition coefficient (Wildman–Crippen LogP) is 3.07. The van der Waals surface area contributed by atoms with E-state index in [0.29, 0.717) is 11.3 Å². The minimum absolute atomic E-state index is 0.386. The average molecular weight is 191 g/mol. The molecule has 0 amide bonds. The first-order valence-corrected chi connectivity index (χ1v) is 5.33. The van der Waals surface area contributed by atoms with Gasteiger partial charge in [-0.15, -0.1) is 11.6 Å². The van der Waals surface area contributed by atoms with Gasteiger partial charge in [-0.05, 0) is 24.2 Å². The first-order chi connectivity index (χ1) is 5.75. The molecule has 2 heteroatoms. The van der Waals surface area contributed by atoms with Crippen LogP contribution in [-0.2, 0) is 4.74 Å². The molecule has 0 spiro atoms. The summed E-state index contributed by atoms with van der Waals surface area (Å²) in [5, 5.41) is 0. The summed E-state index contributed by atoms with van der Waals surface area (Å²) < 4.78 is 5.18. The maximum atomic E-state index is 6.04. The van der Waals surface area contributed by atoms with E-state index in [1.807, 2.05) is 0 Å². The van der Waals surface area contributed by atoms with Crippen LogP contribution >= 0.6 is 11.6 Å². The van der Waals surface area contributed by atoms with Crippen molar-refractivity contribution in [1.29, 1.82) is 0 Å². The Labute approximate surface area is 80.4 Å². The fraction of sp³-hybridized carbons (Fsp3) is 1.00. The molecule has 1 saturated carbocycles. The summed E-state index contributed by atoms with van der Waals surface area (Å²) in [6.07, 6.45) is 5.28. The highest BCUT2D eigenvalue weighted by Crippen LogP contribution is 2.45. The molecule has 0 aromatic carbocycles. The van der Waals surface area contributed by atoms with E-state index >= 15 is 0 Å². The topological polar surface area (TPSA) is 9.23 Å². The standard InChI is InChI=1S/C10H19ClO/c1-9(7-12-2)10(8-11)5-3-4-6-10/h9H,3-8H2,1-2H3. The van der Waals surface area contributed by atoms with Crippen LogP contribution in [0.1, 0.15) is 32.6 Å². The molecule has 0 saturated heterocycles. The van der Waals surface area contributed by atoms with Crippen LogP contribution in [0.25, 0.3) is 0 Å². The summed E-state index contributed by atoms with van der Waals surface area (Å²) in [5.41, 5.74) is 0.386.